The Morgan fingerprint density at radius 1 is 1.43 bits per heavy atom. The summed E-state index contributed by atoms with van der Waals surface area (Å²) in [5, 5.41) is 0.561. The van der Waals surface area contributed by atoms with Gasteiger partial charge in [-0.1, -0.05) is 11.6 Å². The van der Waals surface area contributed by atoms with Crippen LogP contribution in [0.15, 0.2) is 30.6 Å². The first-order valence-corrected chi connectivity index (χ1v) is 4.59. The lowest BCUT2D eigenvalue weighted by molar-refractivity contribution is 0.925. The van der Waals surface area contributed by atoms with Crippen LogP contribution < -0.4 is 5.73 Å². The number of nitrogens with zero attached hydrogens (tertiary/aromatic N) is 2. The van der Waals surface area contributed by atoms with Crippen LogP contribution in [0, 0.1) is 0 Å². The zero-order valence-corrected chi connectivity index (χ0v) is 8.49. The fourth-order valence-corrected chi connectivity index (χ4v) is 1.49. The molecule has 0 radical (unpaired) electrons. The largest absolute Gasteiger partial charge is 0.398 e. The van der Waals surface area contributed by atoms with Crippen molar-refractivity contribution in [3.05, 3.63) is 35.6 Å². The summed E-state index contributed by atoms with van der Waals surface area (Å²) in [5.74, 6) is 0.881. The number of aryl methyl sites for hydroxylation is 1. The first-order chi connectivity index (χ1) is 6.68. The van der Waals surface area contributed by atoms with Crippen molar-refractivity contribution in [2.75, 3.05) is 5.73 Å². The number of halogens is 1. The van der Waals surface area contributed by atoms with E-state index in [4.69, 9.17) is 17.3 Å². The summed E-state index contributed by atoms with van der Waals surface area (Å²) in [6.07, 6.45) is 3.64. The molecular weight excluding hydrogens is 198 g/mol. The summed E-state index contributed by atoms with van der Waals surface area (Å²) in [6, 6.07) is 5.51. The molecule has 4 heteroatoms. The Kier molecular flexibility index (Phi) is 2.17. The minimum Gasteiger partial charge on any atom is -0.398 e. The number of hydrogen-bond donors (Lipinski definition) is 1. The molecule has 0 saturated carbocycles. The fourth-order valence-electron chi connectivity index (χ4n) is 1.31. The van der Waals surface area contributed by atoms with Crippen molar-refractivity contribution in [1.29, 1.82) is 0 Å². The summed E-state index contributed by atoms with van der Waals surface area (Å²) in [5.41, 5.74) is 7.18. The molecule has 2 aromatic rings. The molecular formula is C10H10ClN3. The Labute approximate surface area is 87.1 Å². The van der Waals surface area contributed by atoms with Gasteiger partial charge < -0.3 is 10.3 Å². The van der Waals surface area contributed by atoms with Gasteiger partial charge in [-0.3, -0.25) is 0 Å². The minimum atomic E-state index is 0.561. The summed E-state index contributed by atoms with van der Waals surface area (Å²) in [7, 11) is 1.94. The SMILES string of the molecule is Cn1ccnc1-c1ccc(N)c(Cl)c1. The second-order valence-electron chi connectivity index (χ2n) is 3.10. The average molecular weight is 208 g/mol. The molecule has 0 aliphatic heterocycles. The third-order valence-corrected chi connectivity index (χ3v) is 2.41. The van der Waals surface area contributed by atoms with E-state index in [-0.39, 0.29) is 0 Å². The van der Waals surface area contributed by atoms with Gasteiger partial charge in [0, 0.05) is 25.0 Å². The quantitative estimate of drug-likeness (QED) is 0.730. The van der Waals surface area contributed by atoms with Gasteiger partial charge in [-0.15, -0.1) is 0 Å². The number of imidazole rings is 1. The molecule has 0 atom stereocenters. The normalized spacial score (nSPS) is 10.4. The van der Waals surface area contributed by atoms with E-state index in [9.17, 15) is 0 Å². The van der Waals surface area contributed by atoms with Gasteiger partial charge in [-0.2, -0.15) is 0 Å². The molecule has 0 aliphatic carbocycles. The van der Waals surface area contributed by atoms with Crippen molar-refractivity contribution in [2.45, 2.75) is 0 Å². The van der Waals surface area contributed by atoms with Crippen molar-refractivity contribution < 1.29 is 0 Å². The number of anilines is 1. The number of aromatic nitrogens is 2. The molecule has 0 aliphatic rings. The van der Waals surface area contributed by atoms with Crippen LogP contribution in [0.1, 0.15) is 0 Å². The molecule has 0 bridgehead atoms. The van der Waals surface area contributed by atoms with Crippen LogP contribution in [-0.4, -0.2) is 9.55 Å². The Morgan fingerprint density at radius 3 is 2.79 bits per heavy atom. The Hall–Kier alpha value is -1.48. The second kappa shape index (κ2) is 3.35. The van der Waals surface area contributed by atoms with E-state index in [0.717, 1.165) is 11.4 Å². The fraction of sp³-hybridized carbons (Fsp3) is 0.100. The predicted molar refractivity (Wildman–Crippen MR) is 58.1 cm³/mol. The molecule has 1 aromatic heterocycles. The van der Waals surface area contributed by atoms with Crippen LogP contribution in [0.25, 0.3) is 11.4 Å². The van der Waals surface area contributed by atoms with E-state index in [1.165, 1.54) is 0 Å². The van der Waals surface area contributed by atoms with Gasteiger partial charge in [0.05, 0.1) is 10.7 Å². The van der Waals surface area contributed by atoms with E-state index in [1.807, 2.05) is 29.9 Å². The topological polar surface area (TPSA) is 43.8 Å². The highest BCUT2D eigenvalue weighted by Crippen LogP contribution is 2.25. The summed E-state index contributed by atoms with van der Waals surface area (Å²) >= 11 is 5.92. The van der Waals surface area contributed by atoms with E-state index in [1.54, 1.807) is 12.3 Å². The monoisotopic (exact) mass is 207 g/mol. The van der Waals surface area contributed by atoms with E-state index >= 15 is 0 Å². The Bertz CT molecular complexity index is 462. The lowest BCUT2D eigenvalue weighted by Gasteiger charge is -2.03. The van der Waals surface area contributed by atoms with Crippen molar-refractivity contribution in [3.63, 3.8) is 0 Å². The van der Waals surface area contributed by atoms with Crippen LogP contribution in [0.5, 0.6) is 0 Å². The number of nitrogens with two attached hydrogens (primary N) is 1. The zero-order chi connectivity index (χ0) is 10.1. The molecule has 0 unspecified atom stereocenters. The maximum absolute atomic E-state index is 5.92. The highest BCUT2D eigenvalue weighted by molar-refractivity contribution is 6.33. The summed E-state index contributed by atoms with van der Waals surface area (Å²) in [4.78, 5) is 4.22. The molecule has 14 heavy (non-hydrogen) atoms. The standard InChI is InChI=1S/C10H10ClN3/c1-14-5-4-13-10(14)7-2-3-9(12)8(11)6-7/h2-6H,12H2,1H3. The number of hydrogen-bond acceptors (Lipinski definition) is 2. The highest BCUT2D eigenvalue weighted by atomic mass is 35.5. The number of nitrogen functional groups attached to an aromatic ring is 1. The van der Waals surface area contributed by atoms with Crippen LogP contribution in [0.3, 0.4) is 0 Å². The lowest BCUT2D eigenvalue weighted by atomic mass is 10.2. The molecule has 0 saturated heterocycles. The van der Waals surface area contributed by atoms with Crippen LogP contribution in [-0.2, 0) is 7.05 Å². The summed E-state index contributed by atoms with van der Waals surface area (Å²) < 4.78 is 1.93. The number of rotatable bonds is 1. The highest BCUT2D eigenvalue weighted by Gasteiger charge is 2.04. The van der Waals surface area contributed by atoms with Gasteiger partial charge in [0.2, 0.25) is 0 Å². The molecule has 3 nitrogen and oxygen atoms in total. The van der Waals surface area contributed by atoms with Crippen molar-refractivity contribution in [2.24, 2.45) is 7.05 Å². The maximum atomic E-state index is 5.92. The number of benzene rings is 1. The first-order valence-electron chi connectivity index (χ1n) is 4.21. The molecule has 72 valence electrons. The molecule has 0 fully saturated rings. The van der Waals surface area contributed by atoms with E-state index in [0.29, 0.717) is 10.7 Å². The molecule has 1 aromatic carbocycles. The minimum absolute atomic E-state index is 0.561. The van der Waals surface area contributed by atoms with Gasteiger partial charge in [0.15, 0.2) is 0 Å². The van der Waals surface area contributed by atoms with Gasteiger partial charge in [0.1, 0.15) is 5.82 Å². The van der Waals surface area contributed by atoms with E-state index in [2.05, 4.69) is 4.98 Å². The predicted octanol–water partition coefficient (Wildman–Crippen LogP) is 2.32. The van der Waals surface area contributed by atoms with Crippen LogP contribution in [0.2, 0.25) is 5.02 Å². The van der Waals surface area contributed by atoms with Crippen molar-refractivity contribution >= 4 is 17.3 Å². The van der Waals surface area contributed by atoms with Gasteiger partial charge in [0.25, 0.3) is 0 Å². The van der Waals surface area contributed by atoms with Crippen LogP contribution in [0.4, 0.5) is 5.69 Å². The third-order valence-electron chi connectivity index (χ3n) is 2.08. The molecule has 0 spiro atoms. The first kappa shape index (κ1) is 9.09. The van der Waals surface area contributed by atoms with Gasteiger partial charge in [-0.25, -0.2) is 4.98 Å². The van der Waals surface area contributed by atoms with Gasteiger partial charge in [-0.05, 0) is 18.2 Å². The second-order valence-corrected chi connectivity index (χ2v) is 3.51. The molecule has 1 heterocycles. The third kappa shape index (κ3) is 1.46. The smallest absolute Gasteiger partial charge is 0.139 e. The Balaban J connectivity index is 2.53. The molecule has 0 amide bonds. The maximum Gasteiger partial charge on any atom is 0.139 e. The Morgan fingerprint density at radius 2 is 2.21 bits per heavy atom. The summed E-state index contributed by atoms with van der Waals surface area (Å²) in [6.45, 7) is 0. The van der Waals surface area contributed by atoms with E-state index < -0.39 is 0 Å². The van der Waals surface area contributed by atoms with Crippen LogP contribution >= 0.6 is 11.6 Å². The van der Waals surface area contributed by atoms with Crippen molar-refractivity contribution in [3.8, 4) is 11.4 Å². The molecule has 2 N–H and O–H groups in total. The zero-order valence-electron chi connectivity index (χ0n) is 7.74. The molecule has 2 rings (SSSR count). The lowest BCUT2D eigenvalue weighted by Crippen LogP contribution is -1.92. The van der Waals surface area contributed by atoms with Crippen molar-refractivity contribution in [1.82, 2.24) is 9.55 Å². The van der Waals surface area contributed by atoms with Gasteiger partial charge >= 0.3 is 0 Å². The average Bonchev–Trinajstić information content (AvgIpc) is 2.57.